The molecule has 1 aromatic heterocycles. The Morgan fingerprint density at radius 2 is 1.94 bits per heavy atom. The van der Waals surface area contributed by atoms with Crippen LogP contribution in [0.15, 0.2) is 24.3 Å². The van der Waals surface area contributed by atoms with E-state index in [2.05, 4.69) is 15.3 Å². The van der Waals surface area contributed by atoms with Gasteiger partial charge in [-0.15, -0.1) is 0 Å². The van der Waals surface area contributed by atoms with Gasteiger partial charge >= 0.3 is 0 Å². The Morgan fingerprint density at radius 3 is 2.50 bits per heavy atom. The first-order chi connectivity index (χ1) is 7.65. The highest BCUT2D eigenvalue weighted by Crippen LogP contribution is 2.14. The second kappa shape index (κ2) is 4.58. The third-order valence-electron chi connectivity index (χ3n) is 2.48. The first-order valence-corrected chi connectivity index (χ1v) is 5.54. The number of anilines is 1. The molecule has 1 aromatic carbocycles. The van der Waals surface area contributed by atoms with Crippen LogP contribution >= 0.6 is 11.6 Å². The lowest BCUT2D eigenvalue weighted by molar-refractivity contribution is 0.988. The standard InChI is InChI=1S/C12H14ClN3/c1-8-9(2)16-12(15-8)7-14-11-5-3-10(13)4-6-11/h3-6,14H,7H2,1-2H3,(H,15,16). The molecule has 0 fully saturated rings. The van der Waals surface area contributed by atoms with Crippen molar-refractivity contribution in [3.8, 4) is 0 Å². The second-order valence-electron chi connectivity index (χ2n) is 3.75. The first-order valence-electron chi connectivity index (χ1n) is 5.16. The minimum Gasteiger partial charge on any atom is -0.378 e. The van der Waals surface area contributed by atoms with E-state index in [1.165, 1.54) is 0 Å². The molecule has 0 aliphatic carbocycles. The molecule has 16 heavy (non-hydrogen) atoms. The summed E-state index contributed by atoms with van der Waals surface area (Å²) in [7, 11) is 0. The molecule has 0 aliphatic rings. The van der Waals surface area contributed by atoms with E-state index >= 15 is 0 Å². The Kier molecular flexibility index (Phi) is 3.15. The number of aromatic amines is 1. The molecule has 1 heterocycles. The van der Waals surface area contributed by atoms with Crippen LogP contribution in [0, 0.1) is 13.8 Å². The maximum atomic E-state index is 5.81. The van der Waals surface area contributed by atoms with Crippen molar-refractivity contribution in [1.29, 1.82) is 0 Å². The summed E-state index contributed by atoms with van der Waals surface area (Å²) in [6.07, 6.45) is 0. The number of hydrogen-bond donors (Lipinski definition) is 2. The molecule has 84 valence electrons. The molecule has 0 amide bonds. The summed E-state index contributed by atoms with van der Waals surface area (Å²) in [4.78, 5) is 7.62. The highest BCUT2D eigenvalue weighted by molar-refractivity contribution is 6.30. The van der Waals surface area contributed by atoms with E-state index in [9.17, 15) is 0 Å². The lowest BCUT2D eigenvalue weighted by Crippen LogP contribution is -2.00. The molecule has 2 rings (SSSR count). The van der Waals surface area contributed by atoms with Gasteiger partial charge in [0.05, 0.1) is 12.2 Å². The second-order valence-corrected chi connectivity index (χ2v) is 4.19. The molecular formula is C12H14ClN3. The molecule has 0 unspecified atom stereocenters. The fourth-order valence-corrected chi connectivity index (χ4v) is 1.58. The van der Waals surface area contributed by atoms with Crippen LogP contribution in [-0.2, 0) is 6.54 Å². The Hall–Kier alpha value is -1.48. The van der Waals surface area contributed by atoms with E-state index in [1.807, 2.05) is 38.1 Å². The largest absolute Gasteiger partial charge is 0.378 e. The Bertz CT molecular complexity index is 454. The first kappa shape index (κ1) is 11.0. The normalized spacial score (nSPS) is 10.4. The van der Waals surface area contributed by atoms with Crippen molar-refractivity contribution in [3.05, 3.63) is 46.5 Å². The van der Waals surface area contributed by atoms with E-state index in [4.69, 9.17) is 11.6 Å². The number of H-pyrrole nitrogens is 1. The number of benzene rings is 1. The van der Waals surface area contributed by atoms with Gasteiger partial charge < -0.3 is 10.3 Å². The van der Waals surface area contributed by atoms with E-state index in [-0.39, 0.29) is 0 Å². The predicted octanol–water partition coefficient (Wildman–Crippen LogP) is 3.29. The van der Waals surface area contributed by atoms with E-state index in [0.717, 1.165) is 27.9 Å². The van der Waals surface area contributed by atoms with Gasteiger partial charge in [-0.2, -0.15) is 0 Å². The predicted molar refractivity (Wildman–Crippen MR) is 66.8 cm³/mol. The summed E-state index contributed by atoms with van der Waals surface area (Å²) in [6, 6.07) is 7.63. The number of rotatable bonds is 3. The van der Waals surface area contributed by atoms with Gasteiger partial charge in [-0.1, -0.05) is 11.6 Å². The van der Waals surface area contributed by atoms with Crippen LogP contribution in [0.5, 0.6) is 0 Å². The Morgan fingerprint density at radius 1 is 1.25 bits per heavy atom. The average molecular weight is 236 g/mol. The van der Waals surface area contributed by atoms with Crippen LogP contribution in [0.2, 0.25) is 5.02 Å². The lowest BCUT2D eigenvalue weighted by atomic mass is 10.3. The summed E-state index contributed by atoms with van der Waals surface area (Å²) in [5, 5.41) is 4.02. The van der Waals surface area contributed by atoms with E-state index in [1.54, 1.807) is 0 Å². The molecule has 0 atom stereocenters. The minimum absolute atomic E-state index is 0.691. The molecular weight excluding hydrogens is 222 g/mol. The highest BCUT2D eigenvalue weighted by Gasteiger charge is 2.01. The SMILES string of the molecule is Cc1nc(CNc2ccc(Cl)cc2)[nH]c1C. The number of nitrogens with zero attached hydrogens (tertiary/aromatic N) is 1. The van der Waals surface area contributed by atoms with Crippen molar-refractivity contribution in [2.24, 2.45) is 0 Å². The number of aromatic nitrogens is 2. The molecule has 0 saturated carbocycles. The third-order valence-corrected chi connectivity index (χ3v) is 2.73. The Labute approximate surface area is 99.9 Å². The van der Waals surface area contributed by atoms with Crippen molar-refractivity contribution < 1.29 is 0 Å². The van der Waals surface area contributed by atoms with Crippen molar-refractivity contribution in [1.82, 2.24) is 9.97 Å². The summed E-state index contributed by atoms with van der Waals surface area (Å²) in [5.74, 6) is 0.949. The summed E-state index contributed by atoms with van der Waals surface area (Å²) in [5.41, 5.74) is 3.21. The van der Waals surface area contributed by atoms with Crippen LogP contribution in [-0.4, -0.2) is 9.97 Å². The van der Waals surface area contributed by atoms with Crippen molar-refractivity contribution in [2.45, 2.75) is 20.4 Å². The van der Waals surface area contributed by atoms with Crippen molar-refractivity contribution in [3.63, 3.8) is 0 Å². The zero-order chi connectivity index (χ0) is 11.5. The Balaban J connectivity index is 1.99. The van der Waals surface area contributed by atoms with Crippen molar-refractivity contribution >= 4 is 17.3 Å². The zero-order valence-corrected chi connectivity index (χ0v) is 10.1. The van der Waals surface area contributed by atoms with Crippen LogP contribution < -0.4 is 5.32 Å². The maximum Gasteiger partial charge on any atom is 0.125 e. The van der Waals surface area contributed by atoms with Gasteiger partial charge in [-0.3, -0.25) is 0 Å². The van der Waals surface area contributed by atoms with Crippen LogP contribution in [0.1, 0.15) is 17.2 Å². The van der Waals surface area contributed by atoms with Crippen molar-refractivity contribution in [2.75, 3.05) is 5.32 Å². The van der Waals surface area contributed by atoms with Crippen LogP contribution in [0.4, 0.5) is 5.69 Å². The molecule has 0 radical (unpaired) electrons. The van der Waals surface area contributed by atoms with Gasteiger partial charge in [-0.25, -0.2) is 4.98 Å². The van der Waals surface area contributed by atoms with Gasteiger partial charge in [0.15, 0.2) is 0 Å². The fraction of sp³-hybridized carbons (Fsp3) is 0.250. The topological polar surface area (TPSA) is 40.7 Å². The van der Waals surface area contributed by atoms with Gasteiger partial charge in [0.25, 0.3) is 0 Å². The highest BCUT2D eigenvalue weighted by atomic mass is 35.5. The smallest absolute Gasteiger partial charge is 0.125 e. The summed E-state index contributed by atoms with van der Waals surface area (Å²) >= 11 is 5.81. The molecule has 0 aliphatic heterocycles. The molecule has 3 nitrogen and oxygen atoms in total. The molecule has 0 saturated heterocycles. The fourth-order valence-electron chi connectivity index (χ4n) is 1.46. The van der Waals surface area contributed by atoms with Crippen LogP contribution in [0.25, 0.3) is 0 Å². The number of hydrogen-bond acceptors (Lipinski definition) is 2. The zero-order valence-electron chi connectivity index (χ0n) is 9.34. The third kappa shape index (κ3) is 2.55. The summed E-state index contributed by atoms with van der Waals surface area (Å²) < 4.78 is 0. The molecule has 2 N–H and O–H groups in total. The van der Waals surface area contributed by atoms with Gasteiger partial charge in [0, 0.05) is 16.4 Å². The van der Waals surface area contributed by atoms with Gasteiger partial charge in [0.2, 0.25) is 0 Å². The molecule has 2 aromatic rings. The number of aryl methyl sites for hydroxylation is 2. The minimum atomic E-state index is 0.691. The molecule has 0 spiro atoms. The quantitative estimate of drug-likeness (QED) is 0.857. The average Bonchev–Trinajstić information content (AvgIpc) is 2.58. The number of nitrogens with one attached hydrogen (secondary N) is 2. The monoisotopic (exact) mass is 235 g/mol. The molecule has 4 heteroatoms. The van der Waals surface area contributed by atoms with Gasteiger partial charge in [-0.05, 0) is 38.1 Å². The van der Waals surface area contributed by atoms with E-state index in [0.29, 0.717) is 6.54 Å². The lowest BCUT2D eigenvalue weighted by Gasteiger charge is -2.03. The number of halogens is 1. The number of imidazole rings is 1. The summed E-state index contributed by atoms with van der Waals surface area (Å²) in [6.45, 7) is 4.71. The van der Waals surface area contributed by atoms with E-state index < -0.39 is 0 Å². The van der Waals surface area contributed by atoms with Crippen LogP contribution in [0.3, 0.4) is 0 Å². The van der Waals surface area contributed by atoms with Gasteiger partial charge in [0.1, 0.15) is 5.82 Å². The maximum absolute atomic E-state index is 5.81. The molecule has 0 bridgehead atoms.